The molecule has 2 aliphatic heterocycles. The van der Waals surface area contributed by atoms with Crippen molar-refractivity contribution in [1.82, 2.24) is 19.8 Å². The number of likely N-dealkylation sites (tertiary alicyclic amines) is 1. The van der Waals surface area contributed by atoms with E-state index in [4.69, 9.17) is 0 Å². The predicted molar refractivity (Wildman–Crippen MR) is 98.8 cm³/mol. The minimum absolute atomic E-state index is 0.206. The van der Waals surface area contributed by atoms with Crippen LogP contribution in [0.2, 0.25) is 0 Å². The Kier molecular flexibility index (Phi) is 5.61. The summed E-state index contributed by atoms with van der Waals surface area (Å²) in [5.41, 5.74) is -0.654. The second-order valence-electron chi connectivity index (χ2n) is 7.75. The van der Waals surface area contributed by atoms with Gasteiger partial charge in [0.1, 0.15) is 17.8 Å². The monoisotopic (exact) mass is 414 g/mol. The molecule has 3 heterocycles. The van der Waals surface area contributed by atoms with Crippen LogP contribution in [0.1, 0.15) is 30.1 Å². The van der Waals surface area contributed by atoms with Gasteiger partial charge in [-0.05, 0) is 44.1 Å². The number of aromatic nitrogens is 2. The first-order chi connectivity index (χ1) is 13.8. The Morgan fingerprint density at radius 1 is 1.10 bits per heavy atom. The number of hydrogen-bond acceptors (Lipinski definition) is 3. The second-order valence-corrected chi connectivity index (χ2v) is 7.75. The van der Waals surface area contributed by atoms with E-state index in [-0.39, 0.29) is 11.5 Å². The highest BCUT2D eigenvalue weighted by Gasteiger charge is 2.34. The van der Waals surface area contributed by atoms with Crippen LogP contribution in [0.25, 0.3) is 11.3 Å². The molecular formula is C20H23F5N4. The summed E-state index contributed by atoms with van der Waals surface area (Å²) in [5, 5.41) is 3.29. The molecule has 0 aliphatic carbocycles. The molecule has 2 fully saturated rings. The van der Waals surface area contributed by atoms with Crippen molar-refractivity contribution in [3.05, 3.63) is 41.6 Å². The predicted octanol–water partition coefficient (Wildman–Crippen LogP) is 3.83. The second kappa shape index (κ2) is 8.02. The Labute approximate surface area is 165 Å². The molecule has 0 unspecified atom stereocenters. The maximum Gasteiger partial charge on any atom is 0.419 e. The fourth-order valence-corrected chi connectivity index (χ4v) is 3.99. The molecule has 158 valence electrons. The number of benzene rings is 1. The molecule has 4 rings (SSSR count). The Hall–Kier alpha value is -2.00. The third kappa shape index (κ3) is 4.45. The van der Waals surface area contributed by atoms with E-state index in [1.807, 2.05) is 9.47 Å². The van der Waals surface area contributed by atoms with E-state index in [1.165, 1.54) is 6.07 Å². The molecule has 0 spiro atoms. The number of nitrogens with zero attached hydrogens (tertiary/aromatic N) is 3. The van der Waals surface area contributed by atoms with Gasteiger partial charge in [0.15, 0.2) is 0 Å². The Morgan fingerprint density at radius 3 is 2.48 bits per heavy atom. The van der Waals surface area contributed by atoms with Gasteiger partial charge >= 0.3 is 6.18 Å². The number of imidazole rings is 1. The minimum atomic E-state index is -4.76. The van der Waals surface area contributed by atoms with E-state index in [1.54, 1.807) is 6.20 Å². The highest BCUT2D eigenvalue weighted by atomic mass is 19.4. The van der Waals surface area contributed by atoms with Crippen LogP contribution in [0.4, 0.5) is 22.0 Å². The summed E-state index contributed by atoms with van der Waals surface area (Å²) in [5.74, 6) is -0.257. The summed E-state index contributed by atoms with van der Waals surface area (Å²) >= 11 is 0. The van der Waals surface area contributed by atoms with Gasteiger partial charge in [-0.15, -0.1) is 0 Å². The van der Waals surface area contributed by atoms with Crippen LogP contribution in [-0.4, -0.2) is 53.3 Å². The van der Waals surface area contributed by atoms with Crippen LogP contribution < -0.4 is 5.32 Å². The first-order valence-electron chi connectivity index (χ1n) is 9.82. The van der Waals surface area contributed by atoms with E-state index in [9.17, 15) is 22.0 Å². The molecular weight excluding hydrogens is 391 g/mol. The van der Waals surface area contributed by atoms with Gasteiger partial charge in [-0.25, -0.2) is 13.8 Å². The molecule has 2 aromatic rings. The molecule has 4 nitrogen and oxygen atoms in total. The van der Waals surface area contributed by atoms with Crippen molar-refractivity contribution in [1.29, 1.82) is 0 Å². The maximum absolute atomic E-state index is 13.7. The van der Waals surface area contributed by atoms with Crippen LogP contribution in [0, 0.1) is 5.82 Å². The van der Waals surface area contributed by atoms with Crippen LogP contribution in [0.3, 0.4) is 0 Å². The number of alkyl halides is 4. The van der Waals surface area contributed by atoms with E-state index >= 15 is 0 Å². The summed E-state index contributed by atoms with van der Waals surface area (Å²) in [6.07, 6.45) is -2.02. The molecule has 0 bridgehead atoms. The van der Waals surface area contributed by atoms with Crippen molar-refractivity contribution in [3.63, 3.8) is 0 Å². The van der Waals surface area contributed by atoms with E-state index in [0.717, 1.165) is 43.9 Å². The van der Waals surface area contributed by atoms with Gasteiger partial charge in [0, 0.05) is 43.9 Å². The number of nitrogens with one attached hydrogen (secondary N) is 1. The van der Waals surface area contributed by atoms with Gasteiger partial charge in [-0.1, -0.05) is 0 Å². The van der Waals surface area contributed by atoms with Crippen LogP contribution in [0.15, 0.2) is 24.4 Å². The molecule has 9 heteroatoms. The van der Waals surface area contributed by atoms with Gasteiger partial charge in [0.05, 0.1) is 11.3 Å². The summed E-state index contributed by atoms with van der Waals surface area (Å²) in [6.45, 7) is 3.79. The van der Waals surface area contributed by atoms with Crippen LogP contribution in [0.5, 0.6) is 0 Å². The van der Waals surface area contributed by atoms with E-state index in [0.29, 0.717) is 31.9 Å². The zero-order valence-corrected chi connectivity index (χ0v) is 15.9. The third-order valence-electron chi connectivity index (χ3n) is 5.65. The molecule has 2 aliphatic rings. The normalized spacial score (nSPS) is 19.5. The average molecular weight is 414 g/mol. The van der Waals surface area contributed by atoms with Gasteiger partial charge < -0.3 is 9.88 Å². The number of rotatable bonds is 5. The van der Waals surface area contributed by atoms with Crippen molar-refractivity contribution in [2.24, 2.45) is 0 Å². The smallest absolute Gasteiger partial charge is 0.333 e. The van der Waals surface area contributed by atoms with Gasteiger partial charge in [0.25, 0.3) is 0 Å². The SMILES string of the molecule is Fc1ccc(-c2cn(CCN3CC(F)C3)c(C3CCNCC3)n2)cc1C(F)(F)F. The molecule has 0 radical (unpaired) electrons. The zero-order valence-electron chi connectivity index (χ0n) is 15.9. The van der Waals surface area contributed by atoms with Crippen LogP contribution >= 0.6 is 0 Å². The lowest BCUT2D eigenvalue weighted by Crippen LogP contribution is -2.49. The third-order valence-corrected chi connectivity index (χ3v) is 5.65. The summed E-state index contributed by atoms with van der Waals surface area (Å²) < 4.78 is 68.0. The summed E-state index contributed by atoms with van der Waals surface area (Å²) in [6, 6.07) is 2.98. The topological polar surface area (TPSA) is 33.1 Å². The van der Waals surface area contributed by atoms with Crippen LogP contribution in [-0.2, 0) is 12.7 Å². The minimum Gasteiger partial charge on any atom is -0.333 e. The lowest BCUT2D eigenvalue weighted by Gasteiger charge is -2.34. The van der Waals surface area contributed by atoms with E-state index in [2.05, 4.69) is 10.3 Å². The molecule has 2 saturated heterocycles. The molecule has 1 aromatic carbocycles. The molecule has 1 N–H and O–H groups in total. The van der Waals surface area contributed by atoms with Gasteiger partial charge in [-0.2, -0.15) is 13.2 Å². The quantitative estimate of drug-likeness (QED) is 0.755. The van der Waals surface area contributed by atoms with Crippen molar-refractivity contribution in [2.45, 2.75) is 37.7 Å². The Balaban J connectivity index is 1.63. The lowest BCUT2D eigenvalue weighted by atomic mass is 9.97. The molecule has 1 aromatic heterocycles. The van der Waals surface area contributed by atoms with Crippen molar-refractivity contribution >= 4 is 0 Å². The van der Waals surface area contributed by atoms with Gasteiger partial charge in [-0.3, -0.25) is 4.90 Å². The summed E-state index contributed by atoms with van der Waals surface area (Å²) in [4.78, 5) is 6.64. The van der Waals surface area contributed by atoms with Crippen molar-refractivity contribution < 1.29 is 22.0 Å². The zero-order chi connectivity index (χ0) is 20.6. The number of halogens is 5. The molecule has 0 atom stereocenters. The fraction of sp³-hybridized carbons (Fsp3) is 0.550. The Bertz CT molecular complexity index is 851. The lowest BCUT2D eigenvalue weighted by molar-refractivity contribution is -0.139. The van der Waals surface area contributed by atoms with Crippen molar-refractivity contribution in [2.75, 3.05) is 32.7 Å². The standard InChI is InChI=1S/C20H23F5N4/c21-15-10-28(11-15)7-8-29-12-18(27-19(29)13-3-5-26-6-4-13)14-1-2-17(22)16(9-14)20(23,24)25/h1-2,9,12-13,15,26H,3-8,10-11H2. The highest BCUT2D eigenvalue weighted by molar-refractivity contribution is 5.60. The molecule has 0 saturated carbocycles. The summed E-state index contributed by atoms with van der Waals surface area (Å²) in [7, 11) is 0. The largest absolute Gasteiger partial charge is 0.419 e. The first-order valence-corrected chi connectivity index (χ1v) is 9.82. The van der Waals surface area contributed by atoms with Crippen molar-refractivity contribution in [3.8, 4) is 11.3 Å². The Morgan fingerprint density at radius 2 is 1.83 bits per heavy atom. The van der Waals surface area contributed by atoms with E-state index < -0.39 is 23.7 Å². The number of piperidine rings is 1. The molecule has 29 heavy (non-hydrogen) atoms. The number of hydrogen-bond donors (Lipinski definition) is 1. The average Bonchev–Trinajstić information content (AvgIpc) is 3.08. The van der Waals surface area contributed by atoms with Gasteiger partial charge in [0.2, 0.25) is 0 Å². The first kappa shape index (κ1) is 20.3. The fourth-order valence-electron chi connectivity index (χ4n) is 3.99. The molecule has 0 amide bonds. The highest BCUT2D eigenvalue weighted by Crippen LogP contribution is 2.35. The maximum atomic E-state index is 13.7.